The molecule has 0 spiro atoms. The number of rotatable bonds is 7. The van der Waals surface area contributed by atoms with Crippen LogP contribution in [0.15, 0.2) is 0 Å². The predicted molar refractivity (Wildman–Crippen MR) is 56.9 cm³/mol. The van der Waals surface area contributed by atoms with E-state index in [1.54, 1.807) is 7.11 Å². The third kappa shape index (κ3) is 5.86. The zero-order valence-corrected chi connectivity index (χ0v) is 9.41. The molecule has 0 aliphatic rings. The van der Waals surface area contributed by atoms with Crippen LogP contribution in [0, 0.1) is 0 Å². The summed E-state index contributed by atoms with van der Waals surface area (Å²) in [6.07, 6.45) is 3.68. The van der Waals surface area contributed by atoms with Gasteiger partial charge >= 0.3 is 0 Å². The maximum absolute atomic E-state index is 5.20. The van der Waals surface area contributed by atoms with Gasteiger partial charge in [-0.2, -0.15) is 11.8 Å². The van der Waals surface area contributed by atoms with Gasteiger partial charge in [-0.1, -0.05) is 0 Å². The smallest absolute Gasteiger partial charge is 0.0693 e. The standard InChI is InChI=1S/C9H21NOS/c1-8(9(2)11-3)10-6-5-7-12-4/h8-10H,5-7H2,1-4H3. The van der Waals surface area contributed by atoms with E-state index in [1.807, 2.05) is 11.8 Å². The van der Waals surface area contributed by atoms with Gasteiger partial charge in [-0.15, -0.1) is 0 Å². The molecule has 0 rings (SSSR count). The molecule has 0 aromatic heterocycles. The van der Waals surface area contributed by atoms with E-state index >= 15 is 0 Å². The highest BCUT2D eigenvalue weighted by Gasteiger charge is 2.08. The largest absolute Gasteiger partial charge is 0.380 e. The summed E-state index contributed by atoms with van der Waals surface area (Å²) in [6.45, 7) is 5.34. The molecule has 0 aliphatic heterocycles. The van der Waals surface area contributed by atoms with Crippen molar-refractivity contribution in [2.75, 3.05) is 25.7 Å². The van der Waals surface area contributed by atoms with E-state index in [2.05, 4.69) is 25.4 Å². The Hall–Kier alpha value is 0.270. The number of hydrogen-bond acceptors (Lipinski definition) is 3. The van der Waals surface area contributed by atoms with E-state index in [0.717, 1.165) is 6.54 Å². The second-order valence-corrected chi connectivity index (χ2v) is 4.02. The minimum Gasteiger partial charge on any atom is -0.380 e. The number of nitrogens with one attached hydrogen (secondary N) is 1. The lowest BCUT2D eigenvalue weighted by molar-refractivity contribution is 0.0889. The van der Waals surface area contributed by atoms with Gasteiger partial charge in [0.25, 0.3) is 0 Å². The fourth-order valence-electron chi connectivity index (χ4n) is 0.916. The number of ether oxygens (including phenoxy) is 1. The van der Waals surface area contributed by atoms with E-state index in [9.17, 15) is 0 Å². The molecule has 0 aromatic carbocycles. The van der Waals surface area contributed by atoms with Gasteiger partial charge in [-0.3, -0.25) is 0 Å². The highest BCUT2D eigenvalue weighted by atomic mass is 32.2. The lowest BCUT2D eigenvalue weighted by Crippen LogP contribution is -2.37. The van der Waals surface area contributed by atoms with Crippen molar-refractivity contribution in [1.82, 2.24) is 5.32 Å². The summed E-state index contributed by atoms with van der Waals surface area (Å²) in [4.78, 5) is 0. The quantitative estimate of drug-likeness (QED) is 0.620. The molecule has 1 N–H and O–H groups in total. The van der Waals surface area contributed by atoms with E-state index in [4.69, 9.17) is 4.74 Å². The normalized spacial score (nSPS) is 16.0. The zero-order chi connectivity index (χ0) is 9.40. The Kier molecular flexibility index (Phi) is 8.07. The first-order valence-electron chi connectivity index (χ1n) is 4.47. The summed E-state index contributed by atoms with van der Waals surface area (Å²) in [6, 6.07) is 0.455. The van der Waals surface area contributed by atoms with Crippen molar-refractivity contribution < 1.29 is 4.74 Å². The number of hydrogen-bond donors (Lipinski definition) is 1. The molecule has 0 amide bonds. The molecule has 0 aromatic rings. The van der Waals surface area contributed by atoms with Gasteiger partial charge in [0.15, 0.2) is 0 Å². The average molecular weight is 191 g/mol. The molecular weight excluding hydrogens is 170 g/mol. The fraction of sp³-hybridized carbons (Fsp3) is 1.00. The van der Waals surface area contributed by atoms with Crippen LogP contribution in [0.25, 0.3) is 0 Å². The van der Waals surface area contributed by atoms with Crippen LogP contribution < -0.4 is 5.32 Å². The number of methoxy groups -OCH3 is 1. The molecule has 2 atom stereocenters. The predicted octanol–water partition coefficient (Wildman–Crippen LogP) is 1.75. The van der Waals surface area contributed by atoms with Gasteiger partial charge in [-0.25, -0.2) is 0 Å². The van der Waals surface area contributed by atoms with Gasteiger partial charge in [0.05, 0.1) is 6.10 Å². The third-order valence-electron chi connectivity index (χ3n) is 2.07. The Labute approximate surface area is 80.4 Å². The fourth-order valence-corrected chi connectivity index (χ4v) is 1.35. The Balaban J connectivity index is 3.24. The van der Waals surface area contributed by atoms with Crippen LogP contribution in [0.3, 0.4) is 0 Å². The highest BCUT2D eigenvalue weighted by Crippen LogP contribution is 1.97. The Morgan fingerprint density at radius 1 is 1.42 bits per heavy atom. The molecule has 12 heavy (non-hydrogen) atoms. The number of thioether (sulfide) groups is 1. The third-order valence-corrected chi connectivity index (χ3v) is 2.76. The van der Waals surface area contributed by atoms with Crippen molar-refractivity contribution >= 4 is 11.8 Å². The van der Waals surface area contributed by atoms with Crippen LogP contribution in [0.2, 0.25) is 0 Å². The van der Waals surface area contributed by atoms with E-state index in [0.29, 0.717) is 12.1 Å². The second-order valence-electron chi connectivity index (χ2n) is 3.03. The van der Waals surface area contributed by atoms with Crippen molar-refractivity contribution in [3.8, 4) is 0 Å². The Morgan fingerprint density at radius 3 is 2.58 bits per heavy atom. The average Bonchev–Trinajstić information content (AvgIpc) is 2.10. The summed E-state index contributed by atoms with van der Waals surface area (Å²) in [5.41, 5.74) is 0. The topological polar surface area (TPSA) is 21.3 Å². The van der Waals surface area contributed by atoms with E-state index in [-0.39, 0.29) is 0 Å². The molecule has 0 saturated heterocycles. The SMILES string of the molecule is COC(C)C(C)NCCCSC. The second kappa shape index (κ2) is 7.90. The first-order chi connectivity index (χ1) is 5.72. The summed E-state index contributed by atoms with van der Waals surface area (Å²) >= 11 is 1.90. The van der Waals surface area contributed by atoms with E-state index in [1.165, 1.54) is 12.2 Å². The van der Waals surface area contributed by atoms with Crippen LogP contribution in [0.1, 0.15) is 20.3 Å². The molecule has 0 radical (unpaired) electrons. The summed E-state index contributed by atoms with van der Waals surface area (Å²) in [7, 11) is 1.75. The molecule has 0 heterocycles. The monoisotopic (exact) mass is 191 g/mol. The van der Waals surface area contributed by atoms with Crippen LogP contribution in [-0.2, 0) is 4.74 Å². The molecule has 74 valence electrons. The minimum atomic E-state index is 0.305. The molecule has 0 saturated carbocycles. The van der Waals surface area contributed by atoms with Crippen molar-refractivity contribution in [1.29, 1.82) is 0 Å². The van der Waals surface area contributed by atoms with Crippen molar-refractivity contribution in [2.24, 2.45) is 0 Å². The van der Waals surface area contributed by atoms with Gasteiger partial charge in [0.2, 0.25) is 0 Å². The molecule has 2 unspecified atom stereocenters. The van der Waals surface area contributed by atoms with Gasteiger partial charge in [-0.05, 0) is 38.8 Å². The van der Waals surface area contributed by atoms with E-state index < -0.39 is 0 Å². The van der Waals surface area contributed by atoms with Crippen LogP contribution in [0.4, 0.5) is 0 Å². The van der Waals surface area contributed by atoms with Gasteiger partial charge in [0, 0.05) is 13.2 Å². The lowest BCUT2D eigenvalue weighted by Gasteiger charge is -2.19. The van der Waals surface area contributed by atoms with Crippen molar-refractivity contribution in [2.45, 2.75) is 32.4 Å². The summed E-state index contributed by atoms with van der Waals surface area (Å²) in [5.74, 6) is 1.24. The molecule has 0 bridgehead atoms. The molecule has 3 heteroatoms. The Morgan fingerprint density at radius 2 is 2.08 bits per heavy atom. The maximum Gasteiger partial charge on any atom is 0.0693 e. The zero-order valence-electron chi connectivity index (χ0n) is 8.59. The summed E-state index contributed by atoms with van der Waals surface area (Å²) in [5, 5.41) is 3.43. The highest BCUT2D eigenvalue weighted by molar-refractivity contribution is 7.98. The minimum absolute atomic E-state index is 0.305. The summed E-state index contributed by atoms with van der Waals surface area (Å²) < 4.78 is 5.20. The molecule has 2 nitrogen and oxygen atoms in total. The van der Waals surface area contributed by atoms with Crippen molar-refractivity contribution in [3.63, 3.8) is 0 Å². The van der Waals surface area contributed by atoms with Gasteiger partial charge in [0.1, 0.15) is 0 Å². The first-order valence-corrected chi connectivity index (χ1v) is 5.86. The van der Waals surface area contributed by atoms with Gasteiger partial charge < -0.3 is 10.1 Å². The molecular formula is C9H21NOS. The van der Waals surface area contributed by atoms with Crippen LogP contribution in [-0.4, -0.2) is 37.8 Å². The van der Waals surface area contributed by atoms with Crippen molar-refractivity contribution in [3.05, 3.63) is 0 Å². The first kappa shape index (κ1) is 12.3. The molecule has 0 aliphatic carbocycles. The Bertz CT molecular complexity index is 101. The molecule has 0 fully saturated rings. The maximum atomic E-state index is 5.20. The van der Waals surface area contributed by atoms with Crippen LogP contribution >= 0.6 is 11.8 Å². The van der Waals surface area contributed by atoms with Crippen LogP contribution in [0.5, 0.6) is 0 Å². The lowest BCUT2D eigenvalue weighted by atomic mass is 10.2.